The van der Waals surface area contributed by atoms with Crippen molar-refractivity contribution in [2.75, 3.05) is 0 Å². The van der Waals surface area contributed by atoms with Gasteiger partial charge in [0.1, 0.15) is 0 Å². The Morgan fingerprint density at radius 1 is 0.760 bits per heavy atom. The summed E-state index contributed by atoms with van der Waals surface area (Å²) in [6, 6.07) is 10.6. The van der Waals surface area contributed by atoms with Crippen LogP contribution in [0.3, 0.4) is 0 Å². The van der Waals surface area contributed by atoms with E-state index in [9.17, 15) is 4.79 Å². The van der Waals surface area contributed by atoms with Gasteiger partial charge in [0, 0.05) is 6.42 Å². The van der Waals surface area contributed by atoms with E-state index in [1.807, 2.05) is 0 Å². The Labute approximate surface area is 152 Å². The van der Waals surface area contributed by atoms with Crippen molar-refractivity contribution in [3.05, 3.63) is 84.5 Å². The van der Waals surface area contributed by atoms with Crippen LogP contribution in [0.25, 0.3) is 0 Å². The van der Waals surface area contributed by atoms with Crippen molar-refractivity contribution in [3.63, 3.8) is 0 Å². The zero-order chi connectivity index (χ0) is 18.0. The van der Waals surface area contributed by atoms with Crippen LogP contribution in [0, 0.1) is 0 Å². The number of aryl methyl sites for hydroxylation is 1. The van der Waals surface area contributed by atoms with E-state index in [0.717, 1.165) is 44.9 Å². The summed E-state index contributed by atoms with van der Waals surface area (Å²) in [5.74, 6) is -0.717. The van der Waals surface area contributed by atoms with E-state index >= 15 is 0 Å². The maximum absolute atomic E-state index is 10.3. The van der Waals surface area contributed by atoms with Crippen LogP contribution in [0.1, 0.15) is 50.5 Å². The van der Waals surface area contributed by atoms with Crippen LogP contribution in [0.2, 0.25) is 0 Å². The summed E-state index contributed by atoms with van der Waals surface area (Å²) in [5, 5.41) is 8.52. The summed E-state index contributed by atoms with van der Waals surface area (Å²) in [6.07, 6.45) is 24.2. The van der Waals surface area contributed by atoms with Crippen molar-refractivity contribution < 1.29 is 9.90 Å². The van der Waals surface area contributed by atoms with Crippen LogP contribution >= 0.6 is 0 Å². The Morgan fingerprint density at radius 3 is 1.84 bits per heavy atom. The molecular formula is C23H30O2. The standard InChI is InChI=1S/C23H30O2/c24-23(25)21-17-12-10-8-6-4-2-1-3-5-7-9-11-14-18-22-19-15-13-16-20-22/h2-5,8-11,13,15-16,19-20H,1,6-7,12,14,17-18,21H2,(H,24,25). The Hall–Kier alpha value is -2.35. The average molecular weight is 338 g/mol. The Bertz CT molecular complexity index is 565. The zero-order valence-electron chi connectivity index (χ0n) is 15.0. The molecule has 0 unspecified atom stereocenters. The molecule has 0 atom stereocenters. The molecular weight excluding hydrogens is 308 g/mol. The average Bonchev–Trinajstić information content (AvgIpc) is 2.62. The molecule has 0 aliphatic heterocycles. The van der Waals surface area contributed by atoms with Crippen molar-refractivity contribution in [1.29, 1.82) is 0 Å². The molecule has 1 aromatic carbocycles. The maximum atomic E-state index is 10.3. The third-order valence-electron chi connectivity index (χ3n) is 3.69. The lowest BCUT2D eigenvalue weighted by Crippen LogP contribution is -1.92. The molecule has 2 heteroatoms. The lowest BCUT2D eigenvalue weighted by atomic mass is 10.1. The largest absolute Gasteiger partial charge is 0.481 e. The van der Waals surface area contributed by atoms with Gasteiger partial charge in [-0.25, -0.2) is 0 Å². The number of carboxylic acids is 1. The van der Waals surface area contributed by atoms with E-state index in [-0.39, 0.29) is 6.42 Å². The van der Waals surface area contributed by atoms with Crippen LogP contribution in [0.15, 0.2) is 78.9 Å². The summed E-state index contributed by atoms with van der Waals surface area (Å²) in [4.78, 5) is 10.3. The van der Waals surface area contributed by atoms with Gasteiger partial charge in [0.2, 0.25) is 0 Å². The molecule has 0 spiro atoms. The molecule has 0 aromatic heterocycles. The van der Waals surface area contributed by atoms with Gasteiger partial charge in [-0.3, -0.25) is 4.79 Å². The number of carbonyl (C=O) groups is 1. The molecule has 1 N–H and O–H groups in total. The van der Waals surface area contributed by atoms with Crippen LogP contribution < -0.4 is 0 Å². The van der Waals surface area contributed by atoms with Gasteiger partial charge in [0.25, 0.3) is 0 Å². The van der Waals surface area contributed by atoms with Crippen LogP contribution in [0.5, 0.6) is 0 Å². The lowest BCUT2D eigenvalue weighted by Gasteiger charge is -1.95. The predicted molar refractivity (Wildman–Crippen MR) is 107 cm³/mol. The van der Waals surface area contributed by atoms with Gasteiger partial charge in [-0.2, -0.15) is 0 Å². The van der Waals surface area contributed by atoms with Crippen LogP contribution in [-0.2, 0) is 11.2 Å². The third-order valence-corrected chi connectivity index (χ3v) is 3.69. The highest BCUT2D eigenvalue weighted by atomic mass is 16.4. The highest BCUT2D eigenvalue weighted by Crippen LogP contribution is 2.03. The zero-order valence-corrected chi connectivity index (χ0v) is 15.0. The van der Waals surface area contributed by atoms with E-state index in [2.05, 4.69) is 78.9 Å². The van der Waals surface area contributed by atoms with E-state index in [1.165, 1.54) is 5.56 Å². The summed E-state index contributed by atoms with van der Waals surface area (Å²) in [7, 11) is 0. The Kier molecular flexibility index (Phi) is 12.6. The number of carboxylic acid groups (broad SMARTS) is 1. The number of aliphatic carboxylic acids is 1. The van der Waals surface area contributed by atoms with E-state index in [1.54, 1.807) is 0 Å². The summed E-state index contributed by atoms with van der Waals surface area (Å²) < 4.78 is 0. The monoisotopic (exact) mass is 338 g/mol. The van der Waals surface area contributed by atoms with Gasteiger partial charge in [0.05, 0.1) is 0 Å². The van der Waals surface area contributed by atoms with Gasteiger partial charge in [0.15, 0.2) is 0 Å². The molecule has 134 valence electrons. The topological polar surface area (TPSA) is 37.3 Å². The molecule has 0 aliphatic rings. The second-order valence-corrected chi connectivity index (χ2v) is 5.90. The van der Waals surface area contributed by atoms with E-state index in [4.69, 9.17) is 5.11 Å². The highest BCUT2D eigenvalue weighted by Gasteiger charge is 1.92. The number of hydrogen-bond donors (Lipinski definition) is 1. The van der Waals surface area contributed by atoms with Crippen LogP contribution in [-0.4, -0.2) is 11.1 Å². The second kappa shape index (κ2) is 15.2. The quantitative estimate of drug-likeness (QED) is 0.340. The first-order valence-corrected chi connectivity index (χ1v) is 9.14. The van der Waals surface area contributed by atoms with Crippen molar-refractivity contribution in [2.24, 2.45) is 0 Å². The molecule has 0 heterocycles. The minimum Gasteiger partial charge on any atom is -0.481 e. The predicted octanol–water partition coefficient (Wildman–Crippen LogP) is 6.27. The molecule has 1 rings (SSSR count). The van der Waals surface area contributed by atoms with Gasteiger partial charge in [-0.15, -0.1) is 0 Å². The first-order chi connectivity index (χ1) is 12.3. The van der Waals surface area contributed by atoms with Crippen molar-refractivity contribution in [1.82, 2.24) is 0 Å². The molecule has 1 aromatic rings. The molecule has 0 radical (unpaired) electrons. The molecule has 2 nitrogen and oxygen atoms in total. The normalized spacial score (nSPS) is 12.2. The molecule has 0 aliphatic carbocycles. The fourth-order valence-corrected chi connectivity index (χ4v) is 2.31. The number of allylic oxidation sites excluding steroid dienone is 8. The summed E-state index contributed by atoms with van der Waals surface area (Å²) in [5.41, 5.74) is 1.39. The Morgan fingerprint density at radius 2 is 1.28 bits per heavy atom. The minimum absolute atomic E-state index is 0.256. The van der Waals surface area contributed by atoms with E-state index < -0.39 is 5.97 Å². The highest BCUT2D eigenvalue weighted by molar-refractivity contribution is 5.66. The molecule has 0 fully saturated rings. The fourth-order valence-electron chi connectivity index (χ4n) is 2.31. The lowest BCUT2D eigenvalue weighted by molar-refractivity contribution is -0.137. The summed E-state index contributed by atoms with van der Waals surface area (Å²) in [6.45, 7) is 0. The third kappa shape index (κ3) is 13.8. The SMILES string of the molecule is O=C(O)CCCC=CCC=CCC=CCC=CCCc1ccccc1. The molecule has 25 heavy (non-hydrogen) atoms. The molecule has 0 saturated carbocycles. The maximum Gasteiger partial charge on any atom is 0.303 e. The van der Waals surface area contributed by atoms with Crippen molar-refractivity contribution >= 4 is 5.97 Å². The number of rotatable bonds is 13. The molecule has 0 saturated heterocycles. The smallest absolute Gasteiger partial charge is 0.303 e. The van der Waals surface area contributed by atoms with Gasteiger partial charge in [-0.05, 0) is 50.5 Å². The van der Waals surface area contributed by atoms with Gasteiger partial charge < -0.3 is 5.11 Å². The summed E-state index contributed by atoms with van der Waals surface area (Å²) >= 11 is 0. The first kappa shape index (κ1) is 20.7. The van der Waals surface area contributed by atoms with Crippen LogP contribution in [0.4, 0.5) is 0 Å². The van der Waals surface area contributed by atoms with Crippen molar-refractivity contribution in [3.8, 4) is 0 Å². The fraction of sp³-hybridized carbons (Fsp3) is 0.348. The van der Waals surface area contributed by atoms with Crippen molar-refractivity contribution in [2.45, 2.75) is 51.4 Å². The van der Waals surface area contributed by atoms with Gasteiger partial charge in [-0.1, -0.05) is 78.9 Å². The number of benzene rings is 1. The van der Waals surface area contributed by atoms with E-state index in [0.29, 0.717) is 0 Å². The second-order valence-electron chi connectivity index (χ2n) is 5.90. The first-order valence-electron chi connectivity index (χ1n) is 9.14. The number of unbranched alkanes of at least 4 members (excludes halogenated alkanes) is 1. The molecule has 0 bridgehead atoms. The molecule has 0 amide bonds. The number of hydrogen-bond acceptors (Lipinski definition) is 1. The Balaban J connectivity index is 1.96. The van der Waals surface area contributed by atoms with Gasteiger partial charge >= 0.3 is 5.97 Å². The minimum atomic E-state index is -0.717.